The first kappa shape index (κ1) is 31.1. The minimum Gasteiger partial charge on any atom is -0.382 e. The number of piperidine rings is 1. The topological polar surface area (TPSA) is 61.4 Å². The van der Waals surface area contributed by atoms with Crippen LogP contribution >= 0.6 is 0 Å². The Morgan fingerprint density at radius 2 is 1.76 bits per heavy atom. The van der Waals surface area contributed by atoms with E-state index in [4.69, 9.17) is 0 Å². The molecule has 0 spiro atoms. The molecule has 1 aliphatic carbocycles. The van der Waals surface area contributed by atoms with Crippen LogP contribution < -0.4 is 10.6 Å². The highest BCUT2D eigenvalue weighted by atomic mass is 19.3. The van der Waals surface area contributed by atoms with E-state index in [0.717, 1.165) is 31.0 Å². The maximum Gasteiger partial charge on any atom is 0.270 e. The summed E-state index contributed by atoms with van der Waals surface area (Å²) < 4.78 is 42.2. The monoisotopic (exact) mass is 579 g/mol. The Labute approximate surface area is 246 Å². The molecule has 4 rings (SSSR count). The van der Waals surface area contributed by atoms with Crippen LogP contribution in [-0.2, 0) is 15.5 Å². The molecule has 5 nitrogen and oxygen atoms in total. The molecule has 0 radical (unpaired) electrons. The van der Waals surface area contributed by atoms with Crippen LogP contribution in [0.2, 0.25) is 0 Å². The number of likely N-dealkylation sites (tertiary alicyclic amines) is 1. The molecule has 0 aromatic heterocycles. The summed E-state index contributed by atoms with van der Waals surface area (Å²) in [4.78, 5) is 29.2. The van der Waals surface area contributed by atoms with Gasteiger partial charge in [-0.1, -0.05) is 61.9 Å². The van der Waals surface area contributed by atoms with Crippen molar-refractivity contribution >= 4 is 23.2 Å². The molecule has 0 unspecified atom stereocenters. The highest BCUT2D eigenvalue weighted by Gasteiger charge is 2.40. The van der Waals surface area contributed by atoms with Crippen LogP contribution in [0, 0.1) is 5.92 Å². The number of nitrogens with zero attached hydrogens (tertiary/aromatic N) is 1. The lowest BCUT2D eigenvalue weighted by Crippen LogP contribution is -2.47. The molecule has 2 atom stereocenters. The third kappa shape index (κ3) is 7.52. The average Bonchev–Trinajstić information content (AvgIpc) is 3.49. The minimum absolute atomic E-state index is 0.0246. The predicted molar refractivity (Wildman–Crippen MR) is 162 cm³/mol. The number of rotatable bonds is 10. The van der Waals surface area contributed by atoms with E-state index in [2.05, 4.69) is 17.2 Å². The Morgan fingerprint density at radius 3 is 2.40 bits per heavy atom. The van der Waals surface area contributed by atoms with Gasteiger partial charge in [0.2, 0.25) is 5.91 Å². The van der Waals surface area contributed by atoms with Crippen LogP contribution in [0.1, 0.15) is 69.5 Å². The van der Waals surface area contributed by atoms with E-state index in [1.54, 1.807) is 36.1 Å². The zero-order valence-corrected chi connectivity index (χ0v) is 24.3. The number of amides is 2. The lowest BCUT2D eigenvalue weighted by Gasteiger charge is -2.41. The van der Waals surface area contributed by atoms with Gasteiger partial charge in [-0.05, 0) is 68.0 Å². The Balaban J connectivity index is 1.67. The Bertz CT molecular complexity index is 1320. The molecule has 2 aromatic rings. The molecule has 224 valence electrons. The quantitative estimate of drug-likeness (QED) is 0.221. The van der Waals surface area contributed by atoms with Gasteiger partial charge in [-0.25, -0.2) is 13.2 Å². The van der Waals surface area contributed by atoms with E-state index in [1.165, 1.54) is 31.0 Å². The molecule has 1 saturated heterocycles. The van der Waals surface area contributed by atoms with Crippen molar-refractivity contribution in [2.75, 3.05) is 23.9 Å². The van der Waals surface area contributed by atoms with Crippen molar-refractivity contribution in [2.45, 2.75) is 70.4 Å². The lowest BCUT2D eigenvalue weighted by atomic mass is 9.83. The highest BCUT2D eigenvalue weighted by Crippen LogP contribution is 2.39. The largest absolute Gasteiger partial charge is 0.382 e. The van der Waals surface area contributed by atoms with Gasteiger partial charge in [-0.15, -0.1) is 0 Å². The number of hydrogen-bond acceptors (Lipinski definition) is 3. The van der Waals surface area contributed by atoms with E-state index in [0.29, 0.717) is 31.0 Å². The van der Waals surface area contributed by atoms with E-state index >= 15 is 0 Å². The van der Waals surface area contributed by atoms with Gasteiger partial charge >= 0.3 is 0 Å². The first-order chi connectivity index (χ1) is 20.1. The summed E-state index contributed by atoms with van der Waals surface area (Å²) in [6.07, 6.45) is 10.5. The van der Waals surface area contributed by atoms with Gasteiger partial charge in [0.15, 0.2) is 0 Å². The van der Waals surface area contributed by atoms with E-state index in [1.807, 2.05) is 24.3 Å². The summed E-state index contributed by atoms with van der Waals surface area (Å²) in [6, 6.07) is 13.1. The molecule has 2 amide bonds. The molecule has 2 aromatic carbocycles. The zero-order chi connectivity index (χ0) is 30.3. The number of allylic oxidation sites excluding steroid dienone is 4. The van der Waals surface area contributed by atoms with Gasteiger partial charge in [0, 0.05) is 36.4 Å². The second-order valence-corrected chi connectivity index (χ2v) is 11.3. The molecule has 1 heterocycles. The number of hydrogen-bond donors (Lipinski definition) is 2. The zero-order valence-electron chi connectivity index (χ0n) is 24.3. The summed E-state index contributed by atoms with van der Waals surface area (Å²) in [6.45, 7) is 5.53. The number of nitrogens with one attached hydrogen (secondary N) is 2. The summed E-state index contributed by atoms with van der Waals surface area (Å²) in [5.41, 5.74) is 2.28. The second kappa shape index (κ2) is 13.9. The van der Waals surface area contributed by atoms with Gasteiger partial charge in [-0.2, -0.15) is 0 Å². The molecule has 2 aliphatic rings. The molecule has 42 heavy (non-hydrogen) atoms. The summed E-state index contributed by atoms with van der Waals surface area (Å²) in [7, 11) is 0. The van der Waals surface area contributed by atoms with Gasteiger partial charge in [0.05, 0.1) is 17.5 Å². The van der Waals surface area contributed by atoms with Crippen molar-refractivity contribution in [3.05, 3.63) is 95.6 Å². The number of halogens is 3. The fourth-order valence-corrected chi connectivity index (χ4v) is 5.92. The molecular formula is C34H40F3N3O2. The van der Waals surface area contributed by atoms with Gasteiger partial charge in [0.1, 0.15) is 6.67 Å². The van der Waals surface area contributed by atoms with Crippen molar-refractivity contribution in [1.82, 2.24) is 4.90 Å². The first-order valence-corrected chi connectivity index (χ1v) is 14.6. The Morgan fingerprint density at radius 1 is 1.05 bits per heavy atom. The van der Waals surface area contributed by atoms with Crippen LogP contribution in [0.25, 0.3) is 0 Å². The predicted octanol–water partition coefficient (Wildman–Crippen LogP) is 8.10. The number of benzene rings is 2. The van der Waals surface area contributed by atoms with Crippen LogP contribution in [0.5, 0.6) is 0 Å². The lowest BCUT2D eigenvalue weighted by molar-refractivity contribution is -0.136. The molecule has 2 N–H and O–H groups in total. The maximum atomic E-state index is 14.3. The molecule has 8 heteroatoms. The number of carbonyl (C=O) groups excluding carboxylic acids is 2. The van der Waals surface area contributed by atoms with Crippen LogP contribution in [-0.4, -0.2) is 36.0 Å². The average molecular weight is 580 g/mol. The number of anilines is 2. The standard InChI is InChI=1S/C34H40F3N3O2/c1-4-5-10-23(2)30(22-35)33(42)40-20-9-15-29(32(41)39-28-14-8-11-25(21-28)34(3,36)37)31(40)24-16-18-27(19-17-24)38-26-12-6-7-13-26/h4-5,8,10-11,14,16-19,21,26,29,31,38H,1,6-7,9,12-13,15,20,22H2,2-3H3,(H,39,41)/b10-5-,30-23+/t29-,31-/m0/s1. The van der Waals surface area contributed by atoms with Gasteiger partial charge < -0.3 is 15.5 Å². The SMILES string of the molecule is C=C/C=C\C(C)=C(/CF)C(=O)N1CCC[C@H](C(=O)Nc2cccc(C(C)(F)F)c2)[C@@H]1c1ccc(NC2CCCC2)cc1. The first-order valence-electron chi connectivity index (χ1n) is 14.6. The normalized spacial score (nSPS) is 20.4. The van der Waals surface area contributed by atoms with Gasteiger partial charge in [-0.3, -0.25) is 9.59 Å². The maximum absolute atomic E-state index is 14.3. The van der Waals surface area contributed by atoms with Crippen molar-refractivity contribution in [2.24, 2.45) is 5.92 Å². The van der Waals surface area contributed by atoms with E-state index in [-0.39, 0.29) is 22.7 Å². The van der Waals surface area contributed by atoms with Crippen molar-refractivity contribution in [3.8, 4) is 0 Å². The third-order valence-corrected chi connectivity index (χ3v) is 8.19. The van der Waals surface area contributed by atoms with Crippen LogP contribution in [0.4, 0.5) is 24.5 Å². The number of alkyl halides is 3. The fraction of sp³-hybridized carbons (Fsp3) is 0.412. The van der Waals surface area contributed by atoms with Crippen molar-refractivity contribution in [1.29, 1.82) is 0 Å². The Hall–Kier alpha value is -3.81. The molecular weight excluding hydrogens is 539 g/mol. The van der Waals surface area contributed by atoms with Crippen LogP contribution in [0.3, 0.4) is 0 Å². The third-order valence-electron chi connectivity index (χ3n) is 8.19. The summed E-state index contributed by atoms with van der Waals surface area (Å²) in [5.74, 6) is -4.58. The molecule has 1 saturated carbocycles. The smallest absolute Gasteiger partial charge is 0.270 e. The second-order valence-electron chi connectivity index (χ2n) is 11.3. The number of carbonyl (C=O) groups is 2. The highest BCUT2D eigenvalue weighted by molar-refractivity contribution is 5.97. The molecule has 2 fully saturated rings. The van der Waals surface area contributed by atoms with Crippen LogP contribution in [0.15, 0.2) is 84.5 Å². The van der Waals surface area contributed by atoms with E-state index in [9.17, 15) is 22.8 Å². The summed E-state index contributed by atoms with van der Waals surface area (Å²) >= 11 is 0. The van der Waals surface area contributed by atoms with Crippen molar-refractivity contribution in [3.63, 3.8) is 0 Å². The van der Waals surface area contributed by atoms with E-state index < -0.39 is 30.5 Å². The summed E-state index contributed by atoms with van der Waals surface area (Å²) in [5, 5.41) is 6.36. The Kier molecular flexibility index (Phi) is 10.3. The van der Waals surface area contributed by atoms with Gasteiger partial charge in [0.25, 0.3) is 11.8 Å². The van der Waals surface area contributed by atoms with Crippen molar-refractivity contribution < 1.29 is 22.8 Å². The molecule has 0 bridgehead atoms. The fourth-order valence-electron chi connectivity index (χ4n) is 5.92. The molecule has 1 aliphatic heterocycles. The minimum atomic E-state index is -3.06.